The fourth-order valence-electron chi connectivity index (χ4n) is 1.48. The van der Waals surface area contributed by atoms with Crippen molar-refractivity contribution < 1.29 is 19.1 Å². The van der Waals surface area contributed by atoms with Crippen molar-refractivity contribution in [2.45, 2.75) is 12.8 Å². The fourth-order valence-corrected chi connectivity index (χ4v) is 1.48. The molecule has 0 bridgehead atoms. The normalized spacial score (nSPS) is 10.3. The predicted octanol–water partition coefficient (Wildman–Crippen LogP) is 1.56. The zero-order valence-electron chi connectivity index (χ0n) is 9.79. The van der Waals surface area contributed by atoms with Gasteiger partial charge >= 0.3 is 11.9 Å². The van der Waals surface area contributed by atoms with Crippen molar-refractivity contribution in [1.82, 2.24) is 10.2 Å². The van der Waals surface area contributed by atoms with Gasteiger partial charge in [0.15, 0.2) is 0 Å². The van der Waals surface area contributed by atoms with Crippen molar-refractivity contribution in [2.75, 3.05) is 7.11 Å². The summed E-state index contributed by atoms with van der Waals surface area (Å²) in [6, 6.07) is 7.61. The molecule has 0 aliphatic heterocycles. The molecule has 0 aliphatic carbocycles. The fraction of sp³-hybridized carbons (Fsp3) is 0.250. The van der Waals surface area contributed by atoms with Crippen molar-refractivity contribution in [1.29, 1.82) is 0 Å². The van der Waals surface area contributed by atoms with Crippen LogP contribution in [0.1, 0.15) is 22.1 Å². The molecule has 18 heavy (non-hydrogen) atoms. The zero-order valence-corrected chi connectivity index (χ0v) is 9.79. The number of carboxylic acids is 1. The molecule has 0 atom stereocenters. The highest BCUT2D eigenvalue weighted by Gasteiger charge is 2.12. The van der Waals surface area contributed by atoms with Crippen molar-refractivity contribution in [2.24, 2.45) is 0 Å². The van der Waals surface area contributed by atoms with Gasteiger partial charge in [-0.05, 0) is 24.1 Å². The first-order valence-corrected chi connectivity index (χ1v) is 5.37. The summed E-state index contributed by atoms with van der Waals surface area (Å²) in [5, 5.41) is 15.7. The molecular formula is C12H12N2O4. The van der Waals surface area contributed by atoms with Crippen molar-refractivity contribution >= 4 is 5.97 Å². The molecule has 1 aromatic heterocycles. The average Bonchev–Trinajstić information content (AvgIpc) is 2.86. The second-order valence-corrected chi connectivity index (χ2v) is 3.65. The summed E-state index contributed by atoms with van der Waals surface area (Å²) >= 11 is 0. The van der Waals surface area contributed by atoms with Gasteiger partial charge in [-0.1, -0.05) is 12.1 Å². The molecule has 0 amide bonds. The molecule has 0 saturated carbocycles. The second kappa shape index (κ2) is 5.31. The number of nitrogens with zero attached hydrogens (tertiary/aromatic N) is 2. The Labute approximate surface area is 103 Å². The minimum atomic E-state index is -1.21. The Balaban J connectivity index is 1.95. The Bertz CT molecular complexity index is 533. The Kier molecular flexibility index (Phi) is 3.57. The number of ether oxygens (including phenoxy) is 1. The zero-order chi connectivity index (χ0) is 13.0. The minimum absolute atomic E-state index is 0.322. The van der Waals surface area contributed by atoms with E-state index in [1.54, 1.807) is 7.11 Å². The molecule has 2 rings (SSSR count). The van der Waals surface area contributed by atoms with Crippen LogP contribution in [-0.4, -0.2) is 28.4 Å². The molecule has 0 saturated heterocycles. The second-order valence-electron chi connectivity index (χ2n) is 3.65. The maximum atomic E-state index is 10.5. The van der Waals surface area contributed by atoms with E-state index in [1.807, 2.05) is 24.3 Å². The van der Waals surface area contributed by atoms with Gasteiger partial charge in [0.1, 0.15) is 5.75 Å². The lowest BCUT2D eigenvalue weighted by Crippen LogP contribution is -1.95. The first-order valence-electron chi connectivity index (χ1n) is 5.37. The third-order valence-corrected chi connectivity index (χ3v) is 2.44. The molecule has 1 N–H and O–H groups in total. The minimum Gasteiger partial charge on any atom is -0.497 e. The molecule has 0 aliphatic rings. The van der Waals surface area contributed by atoms with Crippen LogP contribution in [0.15, 0.2) is 28.7 Å². The maximum Gasteiger partial charge on any atom is 0.393 e. The lowest BCUT2D eigenvalue weighted by molar-refractivity contribution is 0.0651. The highest BCUT2D eigenvalue weighted by Crippen LogP contribution is 2.13. The number of rotatable bonds is 5. The van der Waals surface area contributed by atoms with Gasteiger partial charge in [0.2, 0.25) is 5.89 Å². The average molecular weight is 248 g/mol. The number of hydrogen-bond acceptors (Lipinski definition) is 5. The number of benzene rings is 1. The van der Waals surface area contributed by atoms with Gasteiger partial charge in [0.05, 0.1) is 7.11 Å². The molecule has 0 fully saturated rings. The van der Waals surface area contributed by atoms with E-state index in [1.165, 1.54) is 0 Å². The molecule has 0 spiro atoms. The molecule has 6 nitrogen and oxygen atoms in total. The van der Waals surface area contributed by atoms with E-state index < -0.39 is 5.97 Å². The Morgan fingerprint density at radius 3 is 2.56 bits per heavy atom. The Morgan fingerprint density at radius 1 is 1.28 bits per heavy atom. The van der Waals surface area contributed by atoms with Crippen molar-refractivity contribution in [3.05, 3.63) is 41.6 Å². The Hall–Kier alpha value is -2.37. The third kappa shape index (κ3) is 2.85. The molecule has 0 radical (unpaired) electrons. The van der Waals surface area contributed by atoms with Crippen LogP contribution < -0.4 is 4.74 Å². The number of methoxy groups -OCH3 is 1. The molecule has 94 valence electrons. The van der Waals surface area contributed by atoms with E-state index in [4.69, 9.17) is 14.3 Å². The SMILES string of the molecule is COc1ccc(CCc2nnc(C(=O)O)o2)cc1. The highest BCUT2D eigenvalue weighted by molar-refractivity contribution is 5.81. The monoisotopic (exact) mass is 248 g/mol. The van der Waals surface area contributed by atoms with Gasteiger partial charge in [-0.3, -0.25) is 0 Å². The van der Waals surface area contributed by atoms with Gasteiger partial charge in [-0.2, -0.15) is 0 Å². The van der Waals surface area contributed by atoms with Crippen LogP contribution in [0, 0.1) is 0 Å². The summed E-state index contributed by atoms with van der Waals surface area (Å²) in [4.78, 5) is 10.5. The lowest BCUT2D eigenvalue weighted by atomic mass is 10.1. The summed E-state index contributed by atoms with van der Waals surface area (Å²) in [6.45, 7) is 0. The topological polar surface area (TPSA) is 85.5 Å². The van der Waals surface area contributed by atoms with Crippen LogP contribution in [0.3, 0.4) is 0 Å². The summed E-state index contributed by atoms with van der Waals surface area (Å²) in [5.74, 6) is -0.467. The summed E-state index contributed by atoms with van der Waals surface area (Å²) in [5.41, 5.74) is 1.09. The van der Waals surface area contributed by atoms with E-state index >= 15 is 0 Å². The van der Waals surface area contributed by atoms with Gasteiger partial charge in [0.25, 0.3) is 0 Å². The number of aromatic nitrogens is 2. The molecule has 0 unspecified atom stereocenters. The largest absolute Gasteiger partial charge is 0.497 e. The predicted molar refractivity (Wildman–Crippen MR) is 61.7 cm³/mol. The van der Waals surface area contributed by atoms with Gasteiger partial charge in [0, 0.05) is 6.42 Å². The maximum absolute atomic E-state index is 10.5. The number of carboxylic acid groups (broad SMARTS) is 1. The van der Waals surface area contributed by atoms with E-state index in [2.05, 4.69) is 10.2 Å². The molecule has 1 aromatic carbocycles. The third-order valence-electron chi connectivity index (χ3n) is 2.44. The first kappa shape index (κ1) is 12.1. The van der Waals surface area contributed by atoms with Crippen LogP contribution in [0.2, 0.25) is 0 Å². The van der Waals surface area contributed by atoms with Crippen LogP contribution in [0.4, 0.5) is 0 Å². The van der Waals surface area contributed by atoms with E-state index in [0.29, 0.717) is 18.7 Å². The van der Waals surface area contributed by atoms with Crippen LogP contribution >= 0.6 is 0 Å². The van der Waals surface area contributed by atoms with Gasteiger partial charge < -0.3 is 14.3 Å². The van der Waals surface area contributed by atoms with Crippen LogP contribution in [-0.2, 0) is 12.8 Å². The standard InChI is InChI=1S/C12H12N2O4/c1-17-9-5-2-8(3-6-9)4-7-10-13-14-11(18-10)12(15)16/h2-3,5-6H,4,7H2,1H3,(H,15,16). The number of hydrogen-bond donors (Lipinski definition) is 1. The van der Waals surface area contributed by atoms with E-state index in [-0.39, 0.29) is 5.89 Å². The van der Waals surface area contributed by atoms with Gasteiger partial charge in [-0.15, -0.1) is 10.2 Å². The van der Waals surface area contributed by atoms with Crippen LogP contribution in [0.5, 0.6) is 5.75 Å². The van der Waals surface area contributed by atoms with Gasteiger partial charge in [-0.25, -0.2) is 4.79 Å². The quantitative estimate of drug-likeness (QED) is 0.864. The Morgan fingerprint density at radius 2 is 2.00 bits per heavy atom. The lowest BCUT2D eigenvalue weighted by Gasteiger charge is -2.01. The summed E-state index contributed by atoms with van der Waals surface area (Å²) in [6.07, 6.45) is 1.21. The van der Waals surface area contributed by atoms with E-state index in [9.17, 15) is 4.79 Å². The van der Waals surface area contributed by atoms with Crippen molar-refractivity contribution in [3.8, 4) is 5.75 Å². The molecular weight excluding hydrogens is 236 g/mol. The summed E-state index contributed by atoms with van der Waals surface area (Å²) < 4.78 is 10.0. The highest BCUT2D eigenvalue weighted by atomic mass is 16.5. The number of carbonyl (C=O) groups is 1. The number of aryl methyl sites for hydroxylation is 2. The van der Waals surface area contributed by atoms with Crippen molar-refractivity contribution in [3.63, 3.8) is 0 Å². The molecule has 1 heterocycles. The number of aromatic carboxylic acids is 1. The summed E-state index contributed by atoms with van der Waals surface area (Å²) in [7, 11) is 1.61. The smallest absolute Gasteiger partial charge is 0.393 e. The van der Waals surface area contributed by atoms with E-state index in [0.717, 1.165) is 11.3 Å². The molecule has 2 aromatic rings. The van der Waals surface area contributed by atoms with Crippen LogP contribution in [0.25, 0.3) is 0 Å². The first-order chi connectivity index (χ1) is 8.69. The molecule has 6 heteroatoms.